The highest BCUT2D eigenvalue weighted by Gasteiger charge is 2.38. The molecule has 0 aliphatic carbocycles. The third-order valence-electron chi connectivity index (χ3n) is 19.8. The van der Waals surface area contributed by atoms with Gasteiger partial charge in [0.05, 0.1) is 23.2 Å². The zero-order valence-electron chi connectivity index (χ0n) is 71.4. The molecule has 0 radical (unpaired) electrons. The second-order valence-corrected chi connectivity index (χ2v) is 36.2. The number of fused-ring (bicyclic) bond motifs is 2. The van der Waals surface area contributed by atoms with E-state index in [4.69, 9.17) is 49.3 Å². The van der Waals surface area contributed by atoms with Crippen LogP contribution in [0.3, 0.4) is 0 Å². The summed E-state index contributed by atoms with van der Waals surface area (Å²) in [5.41, 5.74) is 36.8. The number of carbonyl (C=O) groups is 14. The van der Waals surface area contributed by atoms with Gasteiger partial charge in [0.15, 0.2) is 12.0 Å². The van der Waals surface area contributed by atoms with Crippen molar-refractivity contribution in [2.24, 2.45) is 57.1 Å². The predicted octanol–water partition coefficient (Wildman–Crippen LogP) is 2.49. The maximum Gasteiger partial charge on any atom is 0.513 e. The van der Waals surface area contributed by atoms with E-state index in [1.165, 1.54) is 44.7 Å². The van der Waals surface area contributed by atoms with Crippen LogP contribution in [0, 0.1) is 23.2 Å². The maximum atomic E-state index is 15.3. The van der Waals surface area contributed by atoms with Crippen LogP contribution >= 0.6 is 44.7 Å². The van der Waals surface area contributed by atoms with Crippen molar-refractivity contribution in [2.75, 3.05) is 50.0 Å². The highest BCUT2D eigenvalue weighted by Crippen LogP contribution is 2.33. The van der Waals surface area contributed by atoms with Gasteiger partial charge in [-0.05, 0) is 157 Å². The number of aliphatic imine (C=N–C) groups is 1. The van der Waals surface area contributed by atoms with Gasteiger partial charge in [-0.15, -0.1) is 23.1 Å². The van der Waals surface area contributed by atoms with Crippen molar-refractivity contribution >= 4 is 160 Å². The highest BCUT2D eigenvalue weighted by atomic mass is 33.1. The SMILES string of the molecule is CC(C)C[C@H](NC(=O)[C@H](CCCCN)NC(=O)[C@H](Cc1c[nH]c2ccccc12)NC(=O)[C@H](CCCNC(=N)N)NC(=O)[C@H](CCCCN)NC(=O)[C@H](CC(C)C)NC(=O)[C@@H](NC(=O)CCSSCCCOC(=O)Oc1ccc2nc(C3=N[C@@H](C(=O)O)CS3)sc2c1)C(C)C)C(=O)N[C@@H](Cc1ccccc1)C(=O)N[C@@H](CC(N)=O)C(=O)N[C@@H](CCCCN)C(N)=O. The second-order valence-electron chi connectivity index (χ2n) is 31.5. The topological polar surface area (TPSA) is 631 Å². The lowest BCUT2D eigenvalue weighted by Gasteiger charge is -2.29. The molecule has 38 nitrogen and oxygen atoms in total. The molecule has 11 atom stereocenters. The molecule has 0 bridgehead atoms. The molecule has 0 unspecified atom stereocenters. The van der Waals surface area contributed by atoms with E-state index in [1.807, 2.05) is 19.9 Å². The van der Waals surface area contributed by atoms with Crippen molar-refractivity contribution in [1.29, 1.82) is 5.41 Å². The molecule has 0 saturated heterocycles. The van der Waals surface area contributed by atoms with Crippen molar-refractivity contribution < 1.29 is 81.7 Å². The fourth-order valence-electron chi connectivity index (χ4n) is 13.3. The number of amides is 12. The number of primary amides is 2. The molecule has 3 heterocycles. The summed E-state index contributed by atoms with van der Waals surface area (Å²) in [7, 11) is 2.86. The number of benzene rings is 3. The number of para-hydroxylation sites is 1. The lowest BCUT2D eigenvalue weighted by molar-refractivity contribution is -0.138. The molecule has 686 valence electrons. The van der Waals surface area contributed by atoms with Crippen LogP contribution in [0.1, 0.15) is 160 Å². The third-order valence-corrected chi connectivity index (χ3v) is 24.5. The molecule has 0 spiro atoms. The van der Waals surface area contributed by atoms with Crippen molar-refractivity contribution in [3.63, 3.8) is 0 Å². The minimum atomic E-state index is -1.64. The van der Waals surface area contributed by atoms with Gasteiger partial charge in [0.1, 0.15) is 76.2 Å². The first-order chi connectivity index (χ1) is 59.7. The number of nitrogens with one attached hydrogen (secondary N) is 13. The van der Waals surface area contributed by atoms with Crippen LogP contribution in [0.15, 0.2) is 84.0 Å². The molecule has 3 aromatic carbocycles. The van der Waals surface area contributed by atoms with E-state index in [0.29, 0.717) is 105 Å². The number of carboxylic acids is 1. The van der Waals surface area contributed by atoms with Gasteiger partial charge in [-0.25, -0.2) is 14.6 Å². The summed E-state index contributed by atoms with van der Waals surface area (Å²) in [6, 6.07) is 5.99. The van der Waals surface area contributed by atoms with Crippen LogP contribution in [-0.4, -0.2) is 226 Å². The highest BCUT2D eigenvalue weighted by molar-refractivity contribution is 8.76. The summed E-state index contributed by atoms with van der Waals surface area (Å²) in [6.45, 7) is 11.5. The Morgan fingerprint density at radius 1 is 0.560 bits per heavy atom. The lowest BCUT2D eigenvalue weighted by atomic mass is 9.99. The number of thiazole rings is 1. The van der Waals surface area contributed by atoms with Crippen molar-refractivity contribution in [2.45, 2.75) is 224 Å². The average Bonchev–Trinajstić information content (AvgIpc) is 1.67. The smallest absolute Gasteiger partial charge is 0.480 e. The zero-order chi connectivity index (χ0) is 91.7. The van der Waals surface area contributed by atoms with E-state index in [-0.39, 0.29) is 120 Å². The fourth-order valence-corrected chi connectivity index (χ4v) is 17.4. The third kappa shape index (κ3) is 36.4. The lowest BCUT2D eigenvalue weighted by Crippen LogP contribution is -2.61. The maximum absolute atomic E-state index is 15.3. The first kappa shape index (κ1) is 103. The van der Waals surface area contributed by atoms with Gasteiger partial charge in [0, 0.05) is 66.2 Å². The Labute approximate surface area is 742 Å². The van der Waals surface area contributed by atoms with Crippen molar-refractivity contribution in [3.05, 3.63) is 95.1 Å². The number of guanidine groups is 1. The molecule has 0 fully saturated rings. The standard InChI is InChI=1S/C83H123N21O17S4/c1-46(2)38-59(74(112)98-61(40-49-20-8-7-9-21-49)75(113)100-63(43-66(87)105)77(115)93-55(69(88)107)24-12-15-31-84)97-71(109)57(26-14-17-33-86)96-76(114)62(41-50-44-92-53-23-11-10-22-52(50)53)99-72(110)58(27-18-34-91-82(89)90)94-70(108)56(25-13-16-32-85)95-73(111)60(39-47(3)4)101-78(116)68(48(5)6)104-67(106)30-37-124-123-36-19-35-120-83(119)121-51-28-29-54-65(42-51)125-80(102-54)79-103-64(45-122-79)81(117)118/h7-11,20-23,28-29,42,44,46-48,55-64,68,92H,12-19,24-27,30-41,43,45,84-86H2,1-6H3,(H2,87,105)(H2,88,107)(H,93,115)(H,94,108)(H,95,111)(H,96,114)(H,97,109)(H,98,112)(H,99,110)(H,100,113)(H,101,116)(H,104,106)(H,117,118)(H4,89,90,91)/t55-,56-,57-,58-,59-,60-,61-,62-,63-,64+,68-/m0/s1. The summed E-state index contributed by atoms with van der Waals surface area (Å²) in [6.07, 6.45) is 2.62. The summed E-state index contributed by atoms with van der Waals surface area (Å²) in [5.74, 6) is -10.7. The summed E-state index contributed by atoms with van der Waals surface area (Å²) in [5, 5.41) is 49.1. The largest absolute Gasteiger partial charge is 0.513 e. The monoisotopic (exact) mass is 1810 g/mol. The molecule has 1 aliphatic heterocycles. The first-order valence-electron chi connectivity index (χ1n) is 42.0. The van der Waals surface area contributed by atoms with Gasteiger partial charge in [0.2, 0.25) is 70.9 Å². The van der Waals surface area contributed by atoms with Crippen LogP contribution in [-0.2, 0) is 79.9 Å². The molecule has 0 saturated carbocycles. The van der Waals surface area contributed by atoms with Crippen LogP contribution < -0.4 is 97.6 Å². The second kappa shape index (κ2) is 54.3. The minimum absolute atomic E-state index is 0.00673. The predicted molar refractivity (Wildman–Crippen MR) is 482 cm³/mol. The molecule has 26 N–H and O–H groups in total. The molecule has 12 amide bonds. The number of carboxylic acid groups (broad SMARTS) is 1. The molecule has 2 aromatic heterocycles. The van der Waals surface area contributed by atoms with Crippen LogP contribution in [0.5, 0.6) is 5.75 Å². The molecule has 6 rings (SSSR count). The summed E-state index contributed by atoms with van der Waals surface area (Å²) in [4.78, 5) is 207. The summed E-state index contributed by atoms with van der Waals surface area (Å²) >= 11 is 2.61. The van der Waals surface area contributed by atoms with Gasteiger partial charge >= 0.3 is 12.1 Å². The normalized spacial score (nSPS) is 14.9. The fraction of sp³-hybridized carbons (Fsp3) is 0.554. The van der Waals surface area contributed by atoms with E-state index >= 15 is 14.4 Å². The number of unbranched alkanes of at least 4 members (excludes halogenated alkanes) is 3. The van der Waals surface area contributed by atoms with Gasteiger partial charge in [-0.1, -0.05) is 112 Å². The van der Waals surface area contributed by atoms with Crippen molar-refractivity contribution in [3.8, 4) is 5.75 Å². The van der Waals surface area contributed by atoms with E-state index in [1.54, 1.807) is 101 Å². The van der Waals surface area contributed by atoms with Gasteiger partial charge in [-0.2, -0.15) is 0 Å². The Balaban J connectivity index is 1.15. The number of hydrogen-bond donors (Lipinski definition) is 20. The molecule has 1 aliphatic rings. The number of thioether (sulfide) groups is 1. The average molecular weight is 1820 g/mol. The molecule has 42 heteroatoms. The summed E-state index contributed by atoms with van der Waals surface area (Å²) < 4.78 is 11.4. The van der Waals surface area contributed by atoms with Gasteiger partial charge < -0.3 is 112 Å². The number of nitrogens with two attached hydrogens (primary N) is 6. The van der Waals surface area contributed by atoms with E-state index in [0.717, 1.165) is 0 Å². The Morgan fingerprint density at radius 2 is 1.06 bits per heavy atom. The van der Waals surface area contributed by atoms with Crippen LogP contribution in [0.4, 0.5) is 4.79 Å². The Kier molecular flexibility index (Phi) is 44.8. The zero-order valence-corrected chi connectivity index (χ0v) is 74.7. The quantitative estimate of drug-likeness (QED) is 0.00664. The number of nitrogens with zero attached hydrogens (tertiary/aromatic N) is 2. The number of hydrogen-bond acceptors (Lipinski definition) is 26. The number of aliphatic carboxylic acids is 1. The Hall–Kier alpha value is -10.7. The molecular weight excluding hydrogens is 1690 g/mol. The number of aromatic nitrogens is 2. The van der Waals surface area contributed by atoms with Crippen LogP contribution in [0.2, 0.25) is 0 Å². The van der Waals surface area contributed by atoms with Gasteiger partial charge in [0.25, 0.3) is 0 Å². The Bertz CT molecular complexity index is 4480. The number of rotatable bonds is 58. The number of ether oxygens (including phenoxy) is 2. The molecule has 5 aromatic rings. The van der Waals surface area contributed by atoms with Crippen LogP contribution in [0.25, 0.3) is 21.1 Å². The number of H-pyrrole nitrogens is 1. The van der Waals surface area contributed by atoms with Gasteiger partial charge in [-0.3, -0.25) is 67.9 Å². The van der Waals surface area contributed by atoms with E-state index < -0.39 is 162 Å². The first-order valence-corrected chi connectivity index (χ1v) is 46.3. The number of aromatic amines is 1. The molecular formula is C83H123N21O17S4. The van der Waals surface area contributed by atoms with E-state index in [9.17, 15) is 57.8 Å². The molecule has 125 heavy (non-hydrogen) atoms. The number of carbonyl (C=O) groups excluding carboxylic acids is 13. The Morgan fingerprint density at radius 3 is 1.60 bits per heavy atom. The minimum Gasteiger partial charge on any atom is -0.480 e. The van der Waals surface area contributed by atoms with Crippen molar-refractivity contribution in [1.82, 2.24) is 68.5 Å². The van der Waals surface area contributed by atoms with E-state index in [2.05, 4.69) is 73.4 Å².